The van der Waals surface area contributed by atoms with Crippen molar-refractivity contribution >= 4 is 21.8 Å². The molecule has 0 spiro atoms. The van der Waals surface area contributed by atoms with Gasteiger partial charge >= 0.3 is 0 Å². The number of amides is 2. The topological polar surface area (TPSA) is 83.6 Å². The van der Waals surface area contributed by atoms with Gasteiger partial charge in [0.2, 0.25) is 10.0 Å². The maximum absolute atomic E-state index is 12.6. The zero-order chi connectivity index (χ0) is 19.7. The monoisotopic (exact) mass is 398 g/mol. The zero-order valence-electron chi connectivity index (χ0n) is 15.4. The number of carbonyl (C=O) groups is 2. The molecule has 0 bridgehead atoms. The smallest absolute Gasteiger partial charge is 0.261 e. The van der Waals surface area contributed by atoms with E-state index in [-0.39, 0.29) is 29.3 Å². The number of hydrogen-bond donors (Lipinski definition) is 1. The molecule has 2 aromatic carbocycles. The Kier molecular flexibility index (Phi) is 5.03. The molecule has 1 N–H and O–H groups in total. The fourth-order valence-electron chi connectivity index (χ4n) is 3.85. The fraction of sp³-hybridized carbons (Fsp3) is 0.333. The molecule has 0 unspecified atom stereocenters. The molecule has 1 aliphatic heterocycles. The van der Waals surface area contributed by atoms with Crippen molar-refractivity contribution in [1.29, 1.82) is 0 Å². The van der Waals surface area contributed by atoms with E-state index < -0.39 is 10.0 Å². The SMILES string of the molecule is O=C1c2ccccc2C(=O)N1Cc1ccc(S(=O)(=O)NC2CCCCC2)cc1. The number of sulfonamides is 1. The van der Waals surface area contributed by atoms with Crippen LogP contribution in [0.15, 0.2) is 53.4 Å². The predicted octanol–water partition coefficient (Wildman–Crippen LogP) is 3.09. The van der Waals surface area contributed by atoms with Crippen LogP contribution in [0.1, 0.15) is 58.4 Å². The van der Waals surface area contributed by atoms with Gasteiger partial charge in [0.25, 0.3) is 11.8 Å². The summed E-state index contributed by atoms with van der Waals surface area (Å²) in [5.74, 6) is -0.646. The highest BCUT2D eigenvalue weighted by atomic mass is 32.2. The molecule has 0 aromatic heterocycles. The van der Waals surface area contributed by atoms with E-state index in [1.807, 2.05) is 0 Å². The second-order valence-corrected chi connectivity index (χ2v) is 9.06. The lowest BCUT2D eigenvalue weighted by Gasteiger charge is -2.22. The summed E-state index contributed by atoms with van der Waals surface area (Å²) in [6.07, 6.45) is 5.00. The Labute approximate surface area is 164 Å². The highest BCUT2D eigenvalue weighted by Gasteiger charge is 2.35. The first kappa shape index (κ1) is 18.8. The summed E-state index contributed by atoms with van der Waals surface area (Å²) >= 11 is 0. The average molecular weight is 398 g/mol. The molecule has 1 fully saturated rings. The number of nitrogens with zero attached hydrogens (tertiary/aromatic N) is 1. The van der Waals surface area contributed by atoms with Gasteiger partial charge in [-0.3, -0.25) is 14.5 Å². The van der Waals surface area contributed by atoms with E-state index in [1.54, 1.807) is 36.4 Å². The van der Waals surface area contributed by atoms with Gasteiger partial charge in [0.15, 0.2) is 0 Å². The molecule has 1 aliphatic carbocycles. The molecule has 0 radical (unpaired) electrons. The highest BCUT2D eigenvalue weighted by Crippen LogP contribution is 2.25. The molecule has 4 rings (SSSR count). The van der Waals surface area contributed by atoms with Gasteiger partial charge in [-0.05, 0) is 42.7 Å². The number of hydrogen-bond acceptors (Lipinski definition) is 4. The van der Waals surface area contributed by atoms with Gasteiger partial charge in [0.1, 0.15) is 0 Å². The second-order valence-electron chi connectivity index (χ2n) is 7.34. The molecular formula is C21H22N2O4S. The van der Waals surface area contributed by atoms with Crippen LogP contribution in [-0.2, 0) is 16.6 Å². The maximum Gasteiger partial charge on any atom is 0.261 e. The third kappa shape index (κ3) is 3.59. The van der Waals surface area contributed by atoms with E-state index in [9.17, 15) is 18.0 Å². The molecule has 0 atom stereocenters. The standard InChI is InChI=1S/C21H22N2O4S/c24-20-18-8-4-5-9-19(18)21(25)23(20)14-15-10-12-17(13-11-15)28(26,27)22-16-6-2-1-3-7-16/h4-5,8-13,16,22H,1-3,6-7,14H2. The first-order valence-corrected chi connectivity index (χ1v) is 11.0. The van der Waals surface area contributed by atoms with Crippen molar-refractivity contribution in [2.45, 2.75) is 49.6 Å². The third-order valence-corrected chi connectivity index (χ3v) is 6.92. The molecule has 28 heavy (non-hydrogen) atoms. The van der Waals surface area contributed by atoms with Gasteiger partial charge in [-0.25, -0.2) is 13.1 Å². The van der Waals surface area contributed by atoms with E-state index in [0.717, 1.165) is 32.1 Å². The van der Waals surface area contributed by atoms with Crippen LogP contribution < -0.4 is 4.72 Å². The van der Waals surface area contributed by atoms with Crippen molar-refractivity contribution in [1.82, 2.24) is 9.62 Å². The first-order chi connectivity index (χ1) is 13.5. The lowest BCUT2D eigenvalue weighted by atomic mass is 9.96. The molecule has 1 heterocycles. The third-order valence-electron chi connectivity index (χ3n) is 5.38. The molecule has 2 aliphatic rings. The van der Waals surface area contributed by atoms with E-state index in [0.29, 0.717) is 16.7 Å². The van der Waals surface area contributed by atoms with Gasteiger partial charge in [-0.2, -0.15) is 0 Å². The molecule has 7 heteroatoms. The number of carbonyl (C=O) groups excluding carboxylic acids is 2. The van der Waals surface area contributed by atoms with Crippen molar-refractivity contribution in [3.63, 3.8) is 0 Å². The van der Waals surface area contributed by atoms with Gasteiger partial charge in [0.05, 0.1) is 22.6 Å². The van der Waals surface area contributed by atoms with Gasteiger partial charge in [-0.15, -0.1) is 0 Å². The van der Waals surface area contributed by atoms with Crippen LogP contribution in [-0.4, -0.2) is 31.2 Å². The quantitative estimate of drug-likeness (QED) is 0.785. The van der Waals surface area contributed by atoms with E-state index in [4.69, 9.17) is 0 Å². The molecule has 0 saturated heterocycles. The zero-order valence-corrected chi connectivity index (χ0v) is 16.2. The Morgan fingerprint density at radius 3 is 2.00 bits per heavy atom. The Balaban J connectivity index is 1.47. The largest absolute Gasteiger partial charge is 0.270 e. The molecule has 2 amide bonds. The van der Waals surface area contributed by atoms with E-state index in [1.165, 1.54) is 17.0 Å². The summed E-state index contributed by atoms with van der Waals surface area (Å²) in [6, 6.07) is 13.1. The Morgan fingerprint density at radius 1 is 0.857 bits per heavy atom. The molecule has 1 saturated carbocycles. The second kappa shape index (κ2) is 7.48. The Bertz CT molecular complexity index is 974. The number of imide groups is 1. The minimum Gasteiger partial charge on any atom is -0.270 e. The first-order valence-electron chi connectivity index (χ1n) is 9.52. The molecule has 2 aromatic rings. The fourth-order valence-corrected chi connectivity index (χ4v) is 5.15. The van der Waals surface area contributed by atoms with Crippen LogP contribution in [0, 0.1) is 0 Å². The average Bonchev–Trinajstić information content (AvgIpc) is 2.94. The number of nitrogens with one attached hydrogen (secondary N) is 1. The van der Waals surface area contributed by atoms with Crippen molar-refractivity contribution in [2.24, 2.45) is 0 Å². The number of benzene rings is 2. The predicted molar refractivity (Wildman–Crippen MR) is 104 cm³/mol. The van der Waals surface area contributed by atoms with Gasteiger partial charge < -0.3 is 0 Å². The van der Waals surface area contributed by atoms with Crippen molar-refractivity contribution in [3.8, 4) is 0 Å². The van der Waals surface area contributed by atoms with E-state index in [2.05, 4.69) is 4.72 Å². The molecule has 146 valence electrons. The van der Waals surface area contributed by atoms with E-state index >= 15 is 0 Å². The van der Waals surface area contributed by atoms with Crippen LogP contribution in [0.25, 0.3) is 0 Å². The number of rotatable bonds is 5. The summed E-state index contributed by atoms with van der Waals surface area (Å²) in [4.78, 5) is 26.3. The highest BCUT2D eigenvalue weighted by molar-refractivity contribution is 7.89. The Morgan fingerprint density at radius 2 is 1.43 bits per heavy atom. The minimum absolute atomic E-state index is 0.00299. The Hall–Kier alpha value is -2.51. The summed E-state index contributed by atoms with van der Waals surface area (Å²) < 4.78 is 27.9. The molecule has 6 nitrogen and oxygen atoms in total. The lowest BCUT2D eigenvalue weighted by Crippen LogP contribution is -2.36. The van der Waals surface area contributed by atoms with Crippen LogP contribution in [0.3, 0.4) is 0 Å². The summed E-state index contributed by atoms with van der Waals surface area (Å²) in [6.45, 7) is 0.114. The number of fused-ring (bicyclic) bond motifs is 1. The van der Waals surface area contributed by atoms with Crippen LogP contribution >= 0.6 is 0 Å². The lowest BCUT2D eigenvalue weighted by molar-refractivity contribution is 0.0642. The minimum atomic E-state index is -3.57. The van der Waals surface area contributed by atoms with Crippen molar-refractivity contribution < 1.29 is 18.0 Å². The van der Waals surface area contributed by atoms with Gasteiger partial charge in [0, 0.05) is 6.04 Å². The van der Waals surface area contributed by atoms with Crippen LogP contribution in [0.2, 0.25) is 0 Å². The summed E-state index contributed by atoms with van der Waals surface area (Å²) in [7, 11) is -3.57. The summed E-state index contributed by atoms with van der Waals surface area (Å²) in [5.41, 5.74) is 1.51. The maximum atomic E-state index is 12.6. The van der Waals surface area contributed by atoms with Crippen molar-refractivity contribution in [3.05, 3.63) is 65.2 Å². The van der Waals surface area contributed by atoms with Crippen LogP contribution in [0.4, 0.5) is 0 Å². The normalized spacial score (nSPS) is 17.8. The van der Waals surface area contributed by atoms with Gasteiger partial charge in [-0.1, -0.05) is 43.5 Å². The summed E-state index contributed by atoms with van der Waals surface area (Å²) in [5, 5.41) is 0. The van der Waals surface area contributed by atoms with Crippen molar-refractivity contribution in [2.75, 3.05) is 0 Å². The molecular weight excluding hydrogens is 376 g/mol. The van der Waals surface area contributed by atoms with Crippen LogP contribution in [0.5, 0.6) is 0 Å².